The summed E-state index contributed by atoms with van der Waals surface area (Å²) in [6, 6.07) is 12.1. The second-order valence-electron chi connectivity index (χ2n) is 4.82. The molecular weight excluding hydrogens is 277 g/mol. The van der Waals surface area contributed by atoms with Crippen LogP contribution in [0.25, 0.3) is 0 Å². The highest BCUT2D eigenvalue weighted by molar-refractivity contribution is 6.39. The Morgan fingerprint density at radius 2 is 1.63 bits per heavy atom. The lowest BCUT2D eigenvalue weighted by atomic mass is 10.00. The van der Waals surface area contributed by atoms with Gasteiger partial charge in [0.25, 0.3) is 0 Å². The van der Waals surface area contributed by atoms with Gasteiger partial charge in [-0.25, -0.2) is 0 Å². The molecule has 1 unspecified atom stereocenters. The number of benzene rings is 2. The molecule has 19 heavy (non-hydrogen) atoms. The van der Waals surface area contributed by atoms with Crippen LogP contribution in [-0.4, -0.2) is 0 Å². The zero-order valence-corrected chi connectivity index (χ0v) is 12.8. The van der Waals surface area contributed by atoms with Gasteiger partial charge in [-0.2, -0.15) is 0 Å². The zero-order valence-electron chi connectivity index (χ0n) is 11.3. The molecule has 2 aromatic carbocycles. The van der Waals surface area contributed by atoms with Crippen molar-refractivity contribution in [1.82, 2.24) is 0 Å². The molecule has 0 heterocycles. The summed E-state index contributed by atoms with van der Waals surface area (Å²) in [4.78, 5) is 0. The van der Waals surface area contributed by atoms with Crippen molar-refractivity contribution in [3.8, 4) is 0 Å². The number of hydrogen-bond donors (Lipinski definition) is 1. The molecule has 0 aromatic heterocycles. The van der Waals surface area contributed by atoms with Crippen molar-refractivity contribution in [1.29, 1.82) is 0 Å². The van der Waals surface area contributed by atoms with Gasteiger partial charge in [-0.15, -0.1) is 0 Å². The number of para-hydroxylation sites is 1. The molecular formula is C16H17Cl2N. The number of halogens is 2. The fourth-order valence-corrected chi connectivity index (χ4v) is 2.66. The standard InChI is InChI=1S/C16H17Cl2N/c1-10-7-8-11(2)13(9-10)12(3)19-16-14(17)5-4-6-15(16)18/h4-9,12,19H,1-3H3. The topological polar surface area (TPSA) is 12.0 Å². The predicted molar refractivity (Wildman–Crippen MR) is 84.4 cm³/mol. The van der Waals surface area contributed by atoms with E-state index in [1.807, 2.05) is 18.2 Å². The summed E-state index contributed by atoms with van der Waals surface area (Å²) in [5.74, 6) is 0. The molecule has 100 valence electrons. The van der Waals surface area contributed by atoms with Crippen LogP contribution in [0, 0.1) is 13.8 Å². The van der Waals surface area contributed by atoms with Crippen LogP contribution in [0.15, 0.2) is 36.4 Å². The van der Waals surface area contributed by atoms with E-state index >= 15 is 0 Å². The summed E-state index contributed by atoms with van der Waals surface area (Å²) >= 11 is 12.4. The molecule has 1 nitrogen and oxygen atoms in total. The van der Waals surface area contributed by atoms with Crippen LogP contribution < -0.4 is 5.32 Å². The SMILES string of the molecule is Cc1ccc(C)c(C(C)Nc2c(Cl)cccc2Cl)c1. The van der Waals surface area contributed by atoms with E-state index < -0.39 is 0 Å². The Balaban J connectivity index is 2.31. The van der Waals surface area contributed by atoms with Crippen molar-refractivity contribution >= 4 is 28.9 Å². The summed E-state index contributed by atoms with van der Waals surface area (Å²) in [6.45, 7) is 6.32. The summed E-state index contributed by atoms with van der Waals surface area (Å²) in [6.07, 6.45) is 0. The van der Waals surface area contributed by atoms with Crippen LogP contribution in [0.2, 0.25) is 10.0 Å². The molecule has 1 N–H and O–H groups in total. The van der Waals surface area contributed by atoms with Crippen LogP contribution in [0.3, 0.4) is 0 Å². The molecule has 0 amide bonds. The van der Waals surface area contributed by atoms with Gasteiger partial charge in [0, 0.05) is 6.04 Å². The Bertz CT molecular complexity index is 573. The highest BCUT2D eigenvalue weighted by Crippen LogP contribution is 2.33. The molecule has 3 heteroatoms. The number of nitrogens with one attached hydrogen (secondary N) is 1. The average molecular weight is 294 g/mol. The molecule has 0 saturated heterocycles. The minimum absolute atomic E-state index is 0.150. The number of rotatable bonds is 3. The average Bonchev–Trinajstić information content (AvgIpc) is 2.37. The lowest BCUT2D eigenvalue weighted by Gasteiger charge is -2.20. The monoisotopic (exact) mass is 293 g/mol. The normalized spacial score (nSPS) is 12.3. The summed E-state index contributed by atoms with van der Waals surface area (Å²) in [5.41, 5.74) is 4.56. The third-order valence-electron chi connectivity index (χ3n) is 3.22. The molecule has 0 aliphatic rings. The van der Waals surface area contributed by atoms with Gasteiger partial charge in [-0.05, 0) is 44.0 Å². The van der Waals surface area contributed by atoms with Gasteiger partial charge in [-0.1, -0.05) is 53.0 Å². The maximum atomic E-state index is 6.19. The van der Waals surface area contributed by atoms with E-state index in [1.165, 1.54) is 16.7 Å². The predicted octanol–water partition coefficient (Wildman–Crippen LogP) is 5.78. The molecule has 1 atom stereocenters. The van der Waals surface area contributed by atoms with Gasteiger partial charge in [0.1, 0.15) is 0 Å². The first-order valence-electron chi connectivity index (χ1n) is 6.26. The number of aryl methyl sites for hydroxylation is 2. The highest BCUT2D eigenvalue weighted by atomic mass is 35.5. The second-order valence-corrected chi connectivity index (χ2v) is 5.64. The van der Waals surface area contributed by atoms with Crippen molar-refractivity contribution in [2.75, 3.05) is 5.32 Å². The van der Waals surface area contributed by atoms with Crippen LogP contribution in [0.5, 0.6) is 0 Å². The van der Waals surface area contributed by atoms with Crippen molar-refractivity contribution < 1.29 is 0 Å². The molecule has 0 saturated carbocycles. The Hall–Kier alpha value is -1.18. The lowest BCUT2D eigenvalue weighted by molar-refractivity contribution is 0.872. The van der Waals surface area contributed by atoms with Crippen molar-refractivity contribution in [3.63, 3.8) is 0 Å². The fraction of sp³-hybridized carbons (Fsp3) is 0.250. The first-order valence-corrected chi connectivity index (χ1v) is 7.02. The van der Waals surface area contributed by atoms with E-state index in [-0.39, 0.29) is 6.04 Å². The largest absolute Gasteiger partial charge is 0.376 e. The third kappa shape index (κ3) is 3.23. The van der Waals surface area contributed by atoms with Crippen LogP contribution in [0.1, 0.15) is 29.7 Å². The number of hydrogen-bond acceptors (Lipinski definition) is 1. The van der Waals surface area contributed by atoms with E-state index in [0.717, 1.165) is 5.69 Å². The van der Waals surface area contributed by atoms with Crippen LogP contribution >= 0.6 is 23.2 Å². The van der Waals surface area contributed by atoms with Gasteiger partial charge in [0.05, 0.1) is 15.7 Å². The lowest BCUT2D eigenvalue weighted by Crippen LogP contribution is -2.09. The molecule has 0 aliphatic carbocycles. The molecule has 0 spiro atoms. The zero-order chi connectivity index (χ0) is 14.0. The summed E-state index contributed by atoms with van der Waals surface area (Å²) in [5, 5.41) is 4.69. The van der Waals surface area contributed by atoms with Crippen LogP contribution in [0.4, 0.5) is 5.69 Å². The Labute approximate surface area is 124 Å². The highest BCUT2D eigenvalue weighted by Gasteiger charge is 2.12. The summed E-state index contributed by atoms with van der Waals surface area (Å²) in [7, 11) is 0. The van der Waals surface area contributed by atoms with E-state index in [9.17, 15) is 0 Å². The Morgan fingerprint density at radius 1 is 1.00 bits per heavy atom. The molecule has 0 fully saturated rings. The van der Waals surface area contributed by atoms with Gasteiger partial charge >= 0.3 is 0 Å². The Morgan fingerprint density at radius 3 is 2.26 bits per heavy atom. The fourth-order valence-electron chi connectivity index (χ4n) is 2.16. The second kappa shape index (κ2) is 5.85. The van der Waals surface area contributed by atoms with Gasteiger partial charge < -0.3 is 5.32 Å². The van der Waals surface area contributed by atoms with E-state index in [4.69, 9.17) is 23.2 Å². The molecule has 0 bridgehead atoms. The maximum Gasteiger partial charge on any atom is 0.0723 e. The van der Waals surface area contributed by atoms with Crippen molar-refractivity contribution in [3.05, 3.63) is 63.1 Å². The first kappa shape index (κ1) is 14.2. The minimum Gasteiger partial charge on any atom is -0.376 e. The van der Waals surface area contributed by atoms with E-state index in [2.05, 4.69) is 44.3 Å². The molecule has 0 aliphatic heterocycles. The minimum atomic E-state index is 0.150. The maximum absolute atomic E-state index is 6.19. The Kier molecular flexibility index (Phi) is 4.38. The summed E-state index contributed by atoms with van der Waals surface area (Å²) < 4.78 is 0. The van der Waals surface area contributed by atoms with Gasteiger partial charge in [-0.3, -0.25) is 0 Å². The quantitative estimate of drug-likeness (QED) is 0.756. The van der Waals surface area contributed by atoms with E-state index in [1.54, 1.807) is 0 Å². The van der Waals surface area contributed by atoms with Gasteiger partial charge in [0.15, 0.2) is 0 Å². The molecule has 2 rings (SSSR count). The van der Waals surface area contributed by atoms with Crippen LogP contribution in [-0.2, 0) is 0 Å². The van der Waals surface area contributed by atoms with E-state index in [0.29, 0.717) is 10.0 Å². The molecule has 2 aromatic rings. The van der Waals surface area contributed by atoms with Crippen molar-refractivity contribution in [2.24, 2.45) is 0 Å². The van der Waals surface area contributed by atoms with Gasteiger partial charge in [0.2, 0.25) is 0 Å². The van der Waals surface area contributed by atoms with Crippen molar-refractivity contribution in [2.45, 2.75) is 26.8 Å². The molecule has 0 radical (unpaired) electrons. The first-order chi connectivity index (χ1) is 8.99. The third-order valence-corrected chi connectivity index (χ3v) is 3.85. The smallest absolute Gasteiger partial charge is 0.0723 e. The number of anilines is 1.